The maximum Gasteiger partial charge on any atom is 0.255 e. The lowest BCUT2D eigenvalue weighted by molar-refractivity contribution is -0.124. The average molecular weight is 425 g/mol. The molecular weight excluding hydrogens is 405 g/mol. The van der Waals surface area contributed by atoms with E-state index in [1.807, 2.05) is 11.0 Å². The quantitative estimate of drug-likeness (QED) is 0.739. The van der Waals surface area contributed by atoms with Gasteiger partial charge in [-0.2, -0.15) is 5.26 Å². The van der Waals surface area contributed by atoms with E-state index in [4.69, 9.17) is 17.9 Å². The van der Waals surface area contributed by atoms with Crippen molar-refractivity contribution in [2.45, 2.75) is 37.2 Å². The van der Waals surface area contributed by atoms with E-state index in [-0.39, 0.29) is 11.5 Å². The molecule has 1 spiro atoms. The molecule has 1 aromatic carbocycles. The number of nitrogens with one attached hydrogen (secondary N) is 1. The smallest absolute Gasteiger partial charge is 0.255 e. The Morgan fingerprint density at radius 2 is 2.10 bits per heavy atom. The first kappa shape index (κ1) is 20.2. The number of carbonyl (C=O) groups is 2. The van der Waals surface area contributed by atoms with Crippen LogP contribution >= 0.6 is 12.6 Å². The third kappa shape index (κ3) is 2.82. The summed E-state index contributed by atoms with van der Waals surface area (Å²) in [5.41, 5.74) is 0.413. The summed E-state index contributed by atoms with van der Waals surface area (Å²) in [5, 5.41) is 11.5. The number of anilines is 2. The van der Waals surface area contributed by atoms with Crippen LogP contribution in [0.25, 0.3) is 0 Å². The van der Waals surface area contributed by atoms with E-state index < -0.39 is 22.8 Å². The summed E-state index contributed by atoms with van der Waals surface area (Å²) in [4.78, 5) is 32.8. The van der Waals surface area contributed by atoms with E-state index in [1.54, 1.807) is 19.1 Å². The number of amides is 2. The first-order chi connectivity index (χ1) is 14.3. The van der Waals surface area contributed by atoms with Gasteiger partial charge in [-0.3, -0.25) is 14.5 Å². The second kappa shape index (κ2) is 7.29. The highest BCUT2D eigenvalue weighted by Gasteiger charge is 2.60. The Morgan fingerprint density at radius 1 is 1.37 bits per heavy atom. The van der Waals surface area contributed by atoms with Gasteiger partial charge in [0.25, 0.3) is 11.8 Å². The van der Waals surface area contributed by atoms with Crippen LogP contribution in [0.4, 0.5) is 15.8 Å². The van der Waals surface area contributed by atoms with E-state index in [1.165, 1.54) is 30.3 Å². The molecule has 30 heavy (non-hydrogen) atoms. The molecule has 7 nitrogen and oxygen atoms in total. The van der Waals surface area contributed by atoms with Crippen molar-refractivity contribution in [1.82, 2.24) is 10.3 Å². The third-order valence-electron chi connectivity index (χ3n) is 5.87. The number of halogens is 1. The van der Waals surface area contributed by atoms with Crippen LogP contribution in [0.5, 0.6) is 0 Å². The fraction of sp³-hybridized carbons (Fsp3) is 0.333. The number of hydrogen-bond donors (Lipinski definition) is 2. The highest BCUT2D eigenvalue weighted by atomic mass is 32.1. The zero-order valence-corrected chi connectivity index (χ0v) is 17.4. The number of hydrogen-bond acceptors (Lipinski definition) is 6. The molecule has 1 atom stereocenters. The van der Waals surface area contributed by atoms with Crippen LogP contribution in [0, 0.1) is 24.1 Å². The molecule has 1 aliphatic carbocycles. The lowest BCUT2D eigenvalue weighted by Gasteiger charge is -2.44. The molecule has 2 aliphatic rings. The van der Waals surface area contributed by atoms with Gasteiger partial charge in [-0.05, 0) is 56.0 Å². The van der Waals surface area contributed by atoms with Gasteiger partial charge in [-0.15, -0.1) is 12.6 Å². The minimum absolute atomic E-state index is 0.0612. The number of carbonyl (C=O) groups excluding carboxylic acids is 2. The van der Waals surface area contributed by atoms with E-state index in [2.05, 4.69) is 10.3 Å². The normalized spacial score (nSPS) is 19.6. The van der Waals surface area contributed by atoms with Crippen molar-refractivity contribution in [2.75, 3.05) is 16.8 Å². The molecule has 9 heteroatoms. The van der Waals surface area contributed by atoms with Gasteiger partial charge in [0.2, 0.25) is 0 Å². The van der Waals surface area contributed by atoms with E-state index in [0.717, 1.165) is 6.42 Å². The van der Waals surface area contributed by atoms with Crippen LogP contribution < -0.4 is 15.1 Å². The maximum absolute atomic E-state index is 14.6. The summed E-state index contributed by atoms with van der Waals surface area (Å²) in [6.45, 7) is 1.76. The Hall–Kier alpha value is -3.12. The molecule has 1 aromatic heterocycles. The summed E-state index contributed by atoms with van der Waals surface area (Å²) >= 11 is 4.70. The first-order valence-corrected chi connectivity index (χ1v) is 10.0. The van der Waals surface area contributed by atoms with Gasteiger partial charge in [0.15, 0.2) is 5.50 Å². The molecule has 1 saturated heterocycles. The van der Waals surface area contributed by atoms with Gasteiger partial charge < -0.3 is 10.2 Å². The fourth-order valence-electron chi connectivity index (χ4n) is 4.15. The number of aromatic nitrogens is 1. The molecule has 2 heterocycles. The Bertz CT molecular complexity index is 1100. The van der Waals surface area contributed by atoms with Gasteiger partial charge in [-0.25, -0.2) is 9.37 Å². The number of rotatable bonds is 3. The zero-order chi connectivity index (χ0) is 21.6. The first-order valence-electron chi connectivity index (χ1n) is 9.53. The molecule has 1 unspecified atom stereocenters. The van der Waals surface area contributed by atoms with Crippen molar-refractivity contribution in [3.05, 3.63) is 53.1 Å². The Kier molecular flexibility index (Phi) is 4.90. The summed E-state index contributed by atoms with van der Waals surface area (Å²) in [5.74, 6) is -1.31. The Labute approximate surface area is 178 Å². The lowest BCUT2D eigenvalue weighted by Crippen LogP contribution is -2.55. The SMILES string of the molecule is CNC(=O)c1ccc(N2C(S)N(c3cnc(C#N)c(C)c3)C(=O)C23CCC3)cc1F. The van der Waals surface area contributed by atoms with Crippen LogP contribution in [-0.4, -0.2) is 34.9 Å². The van der Waals surface area contributed by atoms with Gasteiger partial charge >= 0.3 is 0 Å². The van der Waals surface area contributed by atoms with Crippen LogP contribution in [0.15, 0.2) is 30.5 Å². The van der Waals surface area contributed by atoms with Gasteiger partial charge in [0.05, 0.1) is 17.4 Å². The standard InChI is InChI=1S/C21H20FN5O2S/c1-12-8-14(11-25-17(12)10-23)26-19(29)21(6-3-7-21)27(20(26)30)13-4-5-15(16(22)9-13)18(28)24-2/h4-5,8-9,11,20,30H,3,6-7H2,1-2H3,(H,24,28). The number of pyridine rings is 1. The fourth-order valence-corrected chi connectivity index (χ4v) is 4.74. The zero-order valence-electron chi connectivity index (χ0n) is 16.5. The van der Waals surface area contributed by atoms with Crippen molar-refractivity contribution in [3.63, 3.8) is 0 Å². The van der Waals surface area contributed by atoms with Crippen LogP contribution in [0.1, 0.15) is 40.9 Å². The minimum atomic E-state index is -0.810. The molecule has 1 saturated carbocycles. The molecule has 2 fully saturated rings. The van der Waals surface area contributed by atoms with Crippen molar-refractivity contribution in [3.8, 4) is 6.07 Å². The predicted octanol–water partition coefficient (Wildman–Crippen LogP) is 2.75. The van der Waals surface area contributed by atoms with Crippen LogP contribution in [0.3, 0.4) is 0 Å². The number of thiol groups is 1. The number of benzene rings is 1. The lowest BCUT2D eigenvalue weighted by atomic mass is 9.75. The van der Waals surface area contributed by atoms with Crippen molar-refractivity contribution in [1.29, 1.82) is 5.26 Å². The molecular formula is C21H20FN5O2S. The average Bonchev–Trinajstić information content (AvgIpc) is 2.94. The number of aryl methyl sites for hydroxylation is 1. The van der Waals surface area contributed by atoms with Crippen molar-refractivity contribution < 1.29 is 14.0 Å². The second-order valence-corrected chi connectivity index (χ2v) is 7.95. The monoisotopic (exact) mass is 425 g/mol. The summed E-state index contributed by atoms with van der Waals surface area (Å²) in [6, 6.07) is 8.07. The summed E-state index contributed by atoms with van der Waals surface area (Å²) < 4.78 is 14.6. The summed E-state index contributed by atoms with van der Waals surface area (Å²) in [6.07, 6.45) is 3.61. The Morgan fingerprint density at radius 3 is 2.63 bits per heavy atom. The number of nitrogens with zero attached hydrogens (tertiary/aromatic N) is 4. The van der Waals surface area contributed by atoms with Crippen LogP contribution in [-0.2, 0) is 4.79 Å². The molecule has 2 aromatic rings. The molecule has 4 rings (SSSR count). The molecule has 0 radical (unpaired) electrons. The highest BCUT2D eigenvalue weighted by Crippen LogP contribution is 2.50. The molecule has 1 aliphatic heterocycles. The second-order valence-electron chi connectivity index (χ2n) is 7.49. The maximum atomic E-state index is 14.6. The van der Waals surface area contributed by atoms with E-state index in [0.29, 0.717) is 35.5 Å². The van der Waals surface area contributed by atoms with Gasteiger partial charge in [0.1, 0.15) is 23.1 Å². The molecule has 154 valence electrons. The molecule has 1 N–H and O–H groups in total. The summed E-state index contributed by atoms with van der Waals surface area (Å²) in [7, 11) is 1.44. The number of nitriles is 1. The van der Waals surface area contributed by atoms with Gasteiger partial charge in [-0.1, -0.05) is 0 Å². The van der Waals surface area contributed by atoms with Crippen molar-refractivity contribution in [2.24, 2.45) is 0 Å². The van der Waals surface area contributed by atoms with E-state index >= 15 is 0 Å². The minimum Gasteiger partial charge on any atom is -0.355 e. The largest absolute Gasteiger partial charge is 0.355 e. The van der Waals surface area contributed by atoms with Crippen molar-refractivity contribution >= 4 is 35.8 Å². The third-order valence-corrected chi connectivity index (χ3v) is 6.33. The highest BCUT2D eigenvalue weighted by molar-refractivity contribution is 7.81. The molecule has 0 bridgehead atoms. The predicted molar refractivity (Wildman–Crippen MR) is 113 cm³/mol. The topological polar surface area (TPSA) is 89.3 Å². The van der Waals surface area contributed by atoms with Crippen LogP contribution in [0.2, 0.25) is 0 Å². The Balaban J connectivity index is 1.77. The molecule has 2 amide bonds. The van der Waals surface area contributed by atoms with Gasteiger partial charge in [0, 0.05) is 12.7 Å². The van der Waals surface area contributed by atoms with E-state index in [9.17, 15) is 14.0 Å².